The Labute approximate surface area is 173 Å². The van der Waals surface area contributed by atoms with Crippen molar-refractivity contribution in [3.05, 3.63) is 71.5 Å². The zero-order chi connectivity index (χ0) is 21.9. The van der Waals surface area contributed by atoms with E-state index in [1.54, 1.807) is 24.3 Å². The summed E-state index contributed by atoms with van der Waals surface area (Å²) in [4.78, 5) is 23.4. The molecule has 6 nitrogen and oxygen atoms in total. The van der Waals surface area contributed by atoms with Crippen LogP contribution in [0.1, 0.15) is 21.7 Å². The fourth-order valence-electron chi connectivity index (χ4n) is 2.78. The fraction of sp³-hybridized carbons (Fsp3) is 0.143. The lowest BCUT2D eigenvalue weighted by molar-refractivity contribution is -0.136. The normalized spacial score (nSPS) is 11.2. The molecule has 1 heterocycles. The summed E-state index contributed by atoms with van der Waals surface area (Å²) in [6.45, 7) is 0. The second kappa shape index (κ2) is 8.63. The Kier molecular flexibility index (Phi) is 6.17. The van der Waals surface area contributed by atoms with Gasteiger partial charge in [0.2, 0.25) is 0 Å². The van der Waals surface area contributed by atoms with Crippen LogP contribution in [0.25, 0.3) is 11.3 Å². The van der Waals surface area contributed by atoms with Crippen LogP contribution >= 0.6 is 9.24 Å². The van der Waals surface area contributed by atoms with Gasteiger partial charge in [0.25, 0.3) is 5.91 Å². The highest BCUT2D eigenvalue weighted by molar-refractivity contribution is 7.17. The van der Waals surface area contributed by atoms with Gasteiger partial charge in [0, 0.05) is 11.3 Å². The molecule has 0 aliphatic heterocycles. The first-order valence-electron chi connectivity index (χ1n) is 8.75. The SMILES string of the molecule is COc1ccc(-c2cc(C(=O)Nc3ccc(CC(=O)O)cc3)c(C(F)(F)P)o2)cc1. The molecule has 2 aromatic carbocycles. The lowest BCUT2D eigenvalue weighted by atomic mass is 10.1. The first-order chi connectivity index (χ1) is 14.2. The summed E-state index contributed by atoms with van der Waals surface area (Å²) in [7, 11) is 2.87. The van der Waals surface area contributed by atoms with Gasteiger partial charge < -0.3 is 19.6 Å². The number of amides is 1. The number of methoxy groups -OCH3 is 1. The number of ether oxygens (including phenoxy) is 1. The largest absolute Gasteiger partial charge is 0.497 e. The van der Waals surface area contributed by atoms with Crippen molar-refractivity contribution in [1.29, 1.82) is 0 Å². The van der Waals surface area contributed by atoms with Gasteiger partial charge in [-0.1, -0.05) is 21.4 Å². The fourth-order valence-corrected chi connectivity index (χ4v) is 3.00. The van der Waals surface area contributed by atoms with Crippen LogP contribution in [0.15, 0.2) is 59.0 Å². The number of furan rings is 1. The van der Waals surface area contributed by atoms with Crippen molar-refractivity contribution < 1.29 is 32.6 Å². The predicted molar refractivity (Wildman–Crippen MR) is 110 cm³/mol. The van der Waals surface area contributed by atoms with Gasteiger partial charge in [-0.3, -0.25) is 9.59 Å². The molecule has 0 radical (unpaired) electrons. The standard InChI is InChI=1S/C21H18F2NO5P/c1-28-15-8-4-13(5-9-15)17-11-16(19(29-17)21(22,23)30)20(27)24-14-6-2-12(3-7-14)10-18(25)26/h2-9,11H,10,30H2,1H3,(H,24,27)(H,25,26). The Morgan fingerprint density at radius 2 is 1.77 bits per heavy atom. The molecule has 2 N–H and O–H groups in total. The number of carboxylic acids is 1. The number of benzene rings is 2. The Morgan fingerprint density at radius 1 is 1.13 bits per heavy atom. The molecule has 3 aromatic rings. The molecule has 1 amide bonds. The molecule has 0 fully saturated rings. The summed E-state index contributed by atoms with van der Waals surface area (Å²) in [6.07, 6.45) is -0.162. The third kappa shape index (κ3) is 5.02. The average Bonchev–Trinajstić information content (AvgIpc) is 3.15. The zero-order valence-electron chi connectivity index (χ0n) is 15.8. The van der Waals surface area contributed by atoms with E-state index < -0.39 is 23.3 Å². The molecule has 0 bridgehead atoms. The topological polar surface area (TPSA) is 88.8 Å². The maximum Gasteiger partial charge on any atom is 0.315 e. The molecular formula is C21H18F2NO5P. The van der Waals surface area contributed by atoms with Crippen molar-refractivity contribution in [3.63, 3.8) is 0 Å². The van der Waals surface area contributed by atoms with Crippen molar-refractivity contribution in [2.75, 3.05) is 12.4 Å². The molecule has 0 aliphatic carbocycles. The predicted octanol–water partition coefficient (Wildman–Crippen LogP) is 4.76. The molecule has 30 heavy (non-hydrogen) atoms. The average molecular weight is 433 g/mol. The summed E-state index contributed by atoms with van der Waals surface area (Å²) < 4.78 is 38.5. The van der Waals surface area contributed by atoms with Gasteiger partial charge in [0.1, 0.15) is 11.5 Å². The monoisotopic (exact) mass is 433 g/mol. The quantitative estimate of drug-likeness (QED) is 0.525. The van der Waals surface area contributed by atoms with Crippen LogP contribution in [0.4, 0.5) is 14.5 Å². The number of nitrogens with one attached hydrogen (secondary N) is 1. The lowest BCUT2D eigenvalue weighted by Crippen LogP contribution is -2.16. The van der Waals surface area contributed by atoms with Crippen LogP contribution in [0.2, 0.25) is 0 Å². The van der Waals surface area contributed by atoms with E-state index in [0.29, 0.717) is 22.6 Å². The van der Waals surface area contributed by atoms with Crippen molar-refractivity contribution in [2.45, 2.75) is 12.1 Å². The Hall–Kier alpha value is -3.25. The maximum atomic E-state index is 14.0. The second-order valence-corrected chi connectivity index (χ2v) is 7.15. The number of carbonyl (C=O) groups excluding carboxylic acids is 1. The van der Waals surface area contributed by atoms with Crippen molar-refractivity contribution >= 4 is 26.8 Å². The molecule has 0 saturated carbocycles. The van der Waals surface area contributed by atoms with E-state index in [0.717, 1.165) is 0 Å². The molecule has 9 heteroatoms. The zero-order valence-corrected chi connectivity index (χ0v) is 17.0. The summed E-state index contributed by atoms with van der Waals surface area (Å²) >= 11 is 0. The Bertz CT molecular complexity index is 1060. The van der Waals surface area contributed by atoms with E-state index in [2.05, 4.69) is 5.32 Å². The van der Waals surface area contributed by atoms with Crippen LogP contribution in [-0.4, -0.2) is 24.1 Å². The number of hydrogen-bond acceptors (Lipinski definition) is 4. The maximum absolute atomic E-state index is 14.0. The molecule has 0 saturated heterocycles. The highest BCUT2D eigenvalue weighted by Crippen LogP contribution is 2.41. The molecule has 0 spiro atoms. The molecule has 1 aromatic heterocycles. The summed E-state index contributed by atoms with van der Waals surface area (Å²) in [5, 5.41) is 11.3. The third-order valence-corrected chi connectivity index (χ3v) is 4.48. The first-order valence-corrected chi connectivity index (χ1v) is 9.32. The second-order valence-electron chi connectivity index (χ2n) is 6.43. The highest BCUT2D eigenvalue weighted by atomic mass is 31.0. The summed E-state index contributed by atoms with van der Waals surface area (Å²) in [5.74, 6) is -1.84. The number of carboxylic acid groups (broad SMARTS) is 1. The van der Waals surface area contributed by atoms with E-state index >= 15 is 0 Å². The minimum absolute atomic E-state index is 0.108. The number of rotatable bonds is 7. The van der Waals surface area contributed by atoms with Crippen LogP contribution in [-0.2, 0) is 16.9 Å². The van der Waals surface area contributed by atoms with Gasteiger partial charge >= 0.3 is 11.6 Å². The summed E-state index contributed by atoms with van der Waals surface area (Å²) in [5.41, 5.74) is -2.39. The Balaban J connectivity index is 1.88. The number of hydrogen-bond donors (Lipinski definition) is 2. The van der Waals surface area contributed by atoms with E-state index in [1.165, 1.54) is 46.7 Å². The first kappa shape index (κ1) is 21.5. The van der Waals surface area contributed by atoms with E-state index in [-0.39, 0.29) is 17.7 Å². The van der Waals surface area contributed by atoms with Gasteiger partial charge in [-0.05, 0) is 48.0 Å². The van der Waals surface area contributed by atoms with Gasteiger partial charge in [-0.15, -0.1) is 0 Å². The molecule has 3 rings (SSSR count). The van der Waals surface area contributed by atoms with Crippen molar-refractivity contribution in [1.82, 2.24) is 0 Å². The Morgan fingerprint density at radius 3 is 2.30 bits per heavy atom. The number of carbonyl (C=O) groups is 2. The molecule has 1 atom stereocenters. The van der Waals surface area contributed by atoms with E-state index in [4.69, 9.17) is 14.3 Å². The third-order valence-electron chi connectivity index (χ3n) is 4.22. The van der Waals surface area contributed by atoms with Crippen molar-refractivity contribution in [2.24, 2.45) is 0 Å². The minimum atomic E-state index is -3.46. The number of aliphatic carboxylic acids is 1. The van der Waals surface area contributed by atoms with E-state index in [1.807, 2.05) is 0 Å². The van der Waals surface area contributed by atoms with Crippen LogP contribution in [0, 0.1) is 0 Å². The molecule has 0 aliphatic rings. The smallest absolute Gasteiger partial charge is 0.315 e. The van der Waals surface area contributed by atoms with Gasteiger partial charge in [0.05, 0.1) is 19.1 Å². The summed E-state index contributed by atoms with van der Waals surface area (Å²) in [6, 6.07) is 13.9. The van der Waals surface area contributed by atoms with Crippen LogP contribution < -0.4 is 10.1 Å². The van der Waals surface area contributed by atoms with Gasteiger partial charge in [-0.2, -0.15) is 8.78 Å². The minimum Gasteiger partial charge on any atom is -0.497 e. The van der Waals surface area contributed by atoms with Crippen LogP contribution in [0.5, 0.6) is 5.75 Å². The number of halogens is 2. The molecular weight excluding hydrogens is 415 g/mol. The lowest BCUT2D eigenvalue weighted by Gasteiger charge is -2.10. The van der Waals surface area contributed by atoms with E-state index in [9.17, 15) is 18.4 Å². The van der Waals surface area contributed by atoms with Gasteiger partial charge in [-0.25, -0.2) is 0 Å². The molecule has 156 valence electrons. The van der Waals surface area contributed by atoms with Crippen LogP contribution in [0.3, 0.4) is 0 Å². The highest BCUT2D eigenvalue weighted by Gasteiger charge is 2.35. The van der Waals surface area contributed by atoms with Crippen molar-refractivity contribution in [3.8, 4) is 17.1 Å². The van der Waals surface area contributed by atoms with Gasteiger partial charge in [0.15, 0.2) is 5.76 Å². The molecule has 1 unspecified atom stereocenters. The number of alkyl halides is 2. The number of anilines is 1.